The van der Waals surface area contributed by atoms with Crippen LogP contribution >= 0.6 is 15.9 Å². The Morgan fingerprint density at radius 3 is 2.75 bits per heavy atom. The lowest BCUT2D eigenvalue weighted by atomic mass is 10.0. The van der Waals surface area contributed by atoms with E-state index >= 15 is 0 Å². The zero-order chi connectivity index (χ0) is 14.5. The van der Waals surface area contributed by atoms with Crippen LogP contribution in [0.4, 0.5) is 10.5 Å². The molecule has 0 bridgehead atoms. The lowest BCUT2D eigenvalue weighted by Crippen LogP contribution is -2.42. The summed E-state index contributed by atoms with van der Waals surface area (Å²) < 4.78 is 6.12. The normalized spacial score (nSPS) is 16.1. The van der Waals surface area contributed by atoms with Crippen molar-refractivity contribution >= 4 is 27.7 Å². The van der Waals surface area contributed by atoms with E-state index in [2.05, 4.69) is 40.3 Å². The molecule has 20 heavy (non-hydrogen) atoms. The van der Waals surface area contributed by atoms with Crippen LogP contribution in [0.15, 0.2) is 22.7 Å². The fourth-order valence-electron chi connectivity index (χ4n) is 2.43. The number of ether oxygens (including phenoxy) is 1. The number of halogens is 1. The number of benzene rings is 1. The van der Waals surface area contributed by atoms with Crippen LogP contribution in [0, 0.1) is 6.92 Å². The summed E-state index contributed by atoms with van der Waals surface area (Å²) in [4.78, 5) is 13.4. The Bertz CT molecular complexity index is 471. The smallest absolute Gasteiger partial charge is 0.409 e. The number of hydrogen-bond acceptors (Lipinski definition) is 3. The highest BCUT2D eigenvalue weighted by Crippen LogP contribution is 2.23. The molecule has 5 heteroatoms. The van der Waals surface area contributed by atoms with Crippen LogP contribution in [0.1, 0.15) is 25.3 Å². The van der Waals surface area contributed by atoms with Crippen molar-refractivity contribution in [3.8, 4) is 0 Å². The van der Waals surface area contributed by atoms with E-state index in [-0.39, 0.29) is 6.09 Å². The Morgan fingerprint density at radius 1 is 1.45 bits per heavy atom. The molecule has 110 valence electrons. The van der Waals surface area contributed by atoms with E-state index in [0.717, 1.165) is 30.4 Å². The van der Waals surface area contributed by atoms with Gasteiger partial charge in [0.05, 0.1) is 6.61 Å². The largest absolute Gasteiger partial charge is 0.450 e. The third-order valence-corrected chi connectivity index (χ3v) is 4.06. The fraction of sp³-hybridized carbons (Fsp3) is 0.533. The van der Waals surface area contributed by atoms with Crippen molar-refractivity contribution in [3.63, 3.8) is 0 Å². The summed E-state index contributed by atoms with van der Waals surface area (Å²) in [7, 11) is 0. The lowest BCUT2D eigenvalue weighted by Gasteiger charge is -2.32. The second kappa shape index (κ2) is 6.97. The van der Waals surface area contributed by atoms with Gasteiger partial charge in [-0.25, -0.2) is 4.79 Å². The summed E-state index contributed by atoms with van der Waals surface area (Å²) in [6, 6.07) is 6.66. The summed E-state index contributed by atoms with van der Waals surface area (Å²) in [5.74, 6) is 0. The fourth-order valence-corrected chi connectivity index (χ4v) is 2.91. The number of rotatable bonds is 3. The Hall–Kier alpha value is -1.23. The molecule has 1 aliphatic heterocycles. The number of aryl methyl sites for hydroxylation is 1. The van der Waals surface area contributed by atoms with Crippen molar-refractivity contribution in [2.45, 2.75) is 32.7 Å². The highest BCUT2D eigenvalue weighted by molar-refractivity contribution is 9.10. The number of hydrogen-bond donors (Lipinski definition) is 1. The highest BCUT2D eigenvalue weighted by atomic mass is 79.9. The van der Waals surface area contributed by atoms with Gasteiger partial charge in [0.1, 0.15) is 0 Å². The third kappa shape index (κ3) is 3.88. The molecule has 0 atom stereocenters. The van der Waals surface area contributed by atoms with Gasteiger partial charge in [-0.3, -0.25) is 0 Å². The zero-order valence-corrected chi connectivity index (χ0v) is 13.6. The van der Waals surface area contributed by atoms with Crippen molar-refractivity contribution in [3.05, 3.63) is 28.2 Å². The quantitative estimate of drug-likeness (QED) is 0.909. The van der Waals surface area contributed by atoms with Gasteiger partial charge < -0.3 is 15.0 Å². The Kier molecular flexibility index (Phi) is 5.29. The molecular weight excluding hydrogens is 320 g/mol. The van der Waals surface area contributed by atoms with Crippen LogP contribution in [-0.4, -0.2) is 36.7 Å². The first-order chi connectivity index (χ1) is 9.60. The minimum absolute atomic E-state index is 0.189. The van der Waals surface area contributed by atoms with Crippen molar-refractivity contribution in [1.29, 1.82) is 0 Å². The SMILES string of the molecule is CCOC(=O)N1CCC(Nc2ccc(Br)cc2C)CC1. The van der Waals surface area contributed by atoms with E-state index < -0.39 is 0 Å². The number of piperidine rings is 1. The predicted octanol–water partition coefficient (Wildman–Crippen LogP) is 3.79. The van der Waals surface area contributed by atoms with E-state index in [1.807, 2.05) is 13.0 Å². The average Bonchev–Trinajstić information content (AvgIpc) is 2.43. The molecule has 1 amide bonds. The van der Waals surface area contributed by atoms with Crippen LogP contribution in [0.5, 0.6) is 0 Å². The first kappa shape index (κ1) is 15.2. The van der Waals surface area contributed by atoms with Gasteiger partial charge in [0, 0.05) is 29.3 Å². The number of carbonyl (C=O) groups excluding carboxylic acids is 1. The molecule has 1 aliphatic rings. The molecule has 0 saturated carbocycles. The number of likely N-dealkylation sites (tertiary alicyclic amines) is 1. The molecule has 4 nitrogen and oxygen atoms in total. The molecule has 0 unspecified atom stereocenters. The number of amides is 1. The van der Waals surface area contributed by atoms with Crippen LogP contribution in [0.25, 0.3) is 0 Å². The Labute approximate surface area is 128 Å². The van der Waals surface area contributed by atoms with Gasteiger partial charge in [-0.1, -0.05) is 15.9 Å². The molecule has 0 spiro atoms. The van der Waals surface area contributed by atoms with E-state index in [9.17, 15) is 4.79 Å². The molecule has 1 heterocycles. The Morgan fingerprint density at radius 2 is 2.15 bits per heavy atom. The molecular formula is C15H21BrN2O2. The molecule has 0 radical (unpaired) electrons. The van der Waals surface area contributed by atoms with Crippen LogP contribution in [-0.2, 0) is 4.74 Å². The van der Waals surface area contributed by atoms with Gasteiger partial charge in [0.15, 0.2) is 0 Å². The monoisotopic (exact) mass is 340 g/mol. The van der Waals surface area contributed by atoms with E-state index in [0.29, 0.717) is 12.6 Å². The number of anilines is 1. The molecule has 1 aromatic rings. The zero-order valence-electron chi connectivity index (χ0n) is 12.0. The van der Waals surface area contributed by atoms with E-state index in [4.69, 9.17) is 4.74 Å². The number of carbonyl (C=O) groups is 1. The average molecular weight is 341 g/mol. The maximum Gasteiger partial charge on any atom is 0.409 e. The van der Waals surface area contributed by atoms with Gasteiger partial charge in [0.2, 0.25) is 0 Å². The minimum atomic E-state index is -0.189. The third-order valence-electron chi connectivity index (χ3n) is 3.57. The summed E-state index contributed by atoms with van der Waals surface area (Å²) in [5.41, 5.74) is 2.40. The lowest BCUT2D eigenvalue weighted by molar-refractivity contribution is 0.0983. The standard InChI is InChI=1S/C15H21BrN2O2/c1-3-20-15(19)18-8-6-13(7-9-18)17-14-5-4-12(16)10-11(14)2/h4-5,10,13,17H,3,6-9H2,1-2H3. The maximum absolute atomic E-state index is 11.6. The van der Waals surface area contributed by atoms with Gasteiger partial charge >= 0.3 is 6.09 Å². The number of nitrogens with zero attached hydrogens (tertiary/aromatic N) is 1. The van der Waals surface area contributed by atoms with Crippen LogP contribution < -0.4 is 5.32 Å². The summed E-state index contributed by atoms with van der Waals surface area (Å²) in [5, 5.41) is 3.57. The highest BCUT2D eigenvalue weighted by Gasteiger charge is 2.23. The van der Waals surface area contributed by atoms with Gasteiger partial charge in [-0.2, -0.15) is 0 Å². The maximum atomic E-state index is 11.6. The topological polar surface area (TPSA) is 41.6 Å². The Balaban J connectivity index is 1.86. The molecule has 1 N–H and O–H groups in total. The molecule has 1 saturated heterocycles. The molecule has 2 rings (SSSR count). The number of nitrogens with one attached hydrogen (secondary N) is 1. The first-order valence-electron chi connectivity index (χ1n) is 7.04. The second-order valence-electron chi connectivity index (χ2n) is 5.06. The van der Waals surface area contributed by atoms with Crippen LogP contribution in [0.2, 0.25) is 0 Å². The van der Waals surface area contributed by atoms with Crippen molar-refractivity contribution in [1.82, 2.24) is 4.90 Å². The summed E-state index contributed by atoms with van der Waals surface area (Å²) >= 11 is 3.47. The van der Waals surface area contributed by atoms with E-state index in [1.54, 1.807) is 4.90 Å². The van der Waals surface area contributed by atoms with Gasteiger partial charge in [-0.05, 0) is 50.5 Å². The predicted molar refractivity (Wildman–Crippen MR) is 84.1 cm³/mol. The minimum Gasteiger partial charge on any atom is -0.450 e. The summed E-state index contributed by atoms with van der Waals surface area (Å²) in [6.45, 7) is 5.89. The second-order valence-corrected chi connectivity index (χ2v) is 5.98. The van der Waals surface area contributed by atoms with Crippen molar-refractivity contribution in [2.24, 2.45) is 0 Å². The van der Waals surface area contributed by atoms with Gasteiger partial charge in [0.25, 0.3) is 0 Å². The van der Waals surface area contributed by atoms with Crippen molar-refractivity contribution < 1.29 is 9.53 Å². The summed E-state index contributed by atoms with van der Waals surface area (Å²) in [6.07, 6.45) is 1.72. The molecule has 1 aromatic carbocycles. The molecule has 0 aromatic heterocycles. The van der Waals surface area contributed by atoms with Crippen LogP contribution in [0.3, 0.4) is 0 Å². The van der Waals surface area contributed by atoms with Crippen molar-refractivity contribution in [2.75, 3.05) is 25.0 Å². The van der Waals surface area contributed by atoms with E-state index in [1.165, 1.54) is 11.3 Å². The van der Waals surface area contributed by atoms with Gasteiger partial charge in [-0.15, -0.1) is 0 Å². The first-order valence-corrected chi connectivity index (χ1v) is 7.84. The molecule has 1 fully saturated rings. The molecule has 0 aliphatic carbocycles.